The van der Waals surface area contributed by atoms with Gasteiger partial charge in [-0.3, -0.25) is 14.4 Å². The second-order valence-electron chi connectivity index (χ2n) is 11.5. The zero-order valence-electron chi connectivity index (χ0n) is 25.6. The van der Waals surface area contributed by atoms with Crippen molar-refractivity contribution in [2.75, 3.05) is 31.5 Å². The topological polar surface area (TPSA) is 108 Å². The van der Waals surface area contributed by atoms with Gasteiger partial charge in [-0.25, -0.2) is 8.42 Å². The van der Waals surface area contributed by atoms with Gasteiger partial charge in [0, 0.05) is 36.8 Å². The summed E-state index contributed by atoms with van der Waals surface area (Å²) in [6, 6.07) is 25.5. The molecule has 0 bridgehead atoms. The van der Waals surface area contributed by atoms with E-state index in [1.165, 1.54) is 0 Å². The predicted octanol–water partition coefficient (Wildman–Crippen LogP) is 5.62. The van der Waals surface area contributed by atoms with Gasteiger partial charge in [-0.05, 0) is 73.4 Å². The van der Waals surface area contributed by atoms with Gasteiger partial charge in [0.15, 0.2) is 0 Å². The molecule has 11 heteroatoms. The molecule has 3 aromatic carbocycles. The maximum absolute atomic E-state index is 13.5. The van der Waals surface area contributed by atoms with Crippen LogP contribution in [0.4, 0.5) is 5.69 Å². The molecular weight excluding hydrogens is 611 g/mol. The van der Waals surface area contributed by atoms with Gasteiger partial charge in [0.05, 0.1) is 19.1 Å². The lowest BCUT2D eigenvalue weighted by Crippen LogP contribution is -2.47. The number of anilines is 1. The Bertz CT molecular complexity index is 1660. The molecule has 5 rings (SSSR count). The quantitative estimate of drug-likeness (QED) is 0.217. The molecule has 0 spiro atoms. The lowest BCUT2D eigenvalue weighted by atomic mass is 10.0. The molecule has 45 heavy (non-hydrogen) atoms. The van der Waals surface area contributed by atoms with Gasteiger partial charge in [0.1, 0.15) is 27.6 Å². The first-order valence-corrected chi connectivity index (χ1v) is 17.2. The van der Waals surface area contributed by atoms with Crippen LogP contribution >= 0.6 is 11.3 Å². The summed E-state index contributed by atoms with van der Waals surface area (Å²) in [6.07, 6.45) is -0.275. The van der Waals surface area contributed by atoms with Crippen LogP contribution in [0, 0.1) is 5.92 Å². The molecule has 0 saturated carbocycles. The van der Waals surface area contributed by atoms with Crippen LogP contribution in [-0.2, 0) is 27.8 Å². The fourth-order valence-electron chi connectivity index (χ4n) is 5.30. The molecule has 0 fully saturated rings. The molecule has 1 amide bonds. The van der Waals surface area contributed by atoms with E-state index in [0.29, 0.717) is 36.6 Å². The summed E-state index contributed by atoms with van der Waals surface area (Å²) in [5, 5.41) is 11.6. The average Bonchev–Trinajstić information content (AvgIpc) is 3.58. The predicted molar refractivity (Wildman–Crippen MR) is 176 cm³/mol. The van der Waals surface area contributed by atoms with Crippen molar-refractivity contribution in [3.63, 3.8) is 0 Å². The van der Waals surface area contributed by atoms with Crippen LogP contribution in [0.15, 0.2) is 94.5 Å². The lowest BCUT2D eigenvalue weighted by molar-refractivity contribution is -0.134. The molecule has 2 N–H and O–H groups in total. The Morgan fingerprint density at radius 3 is 2.49 bits per heavy atom. The Hall–Kier alpha value is -3.90. The van der Waals surface area contributed by atoms with Crippen molar-refractivity contribution < 1.29 is 27.8 Å². The van der Waals surface area contributed by atoms with Gasteiger partial charge < -0.3 is 19.5 Å². The summed E-state index contributed by atoms with van der Waals surface area (Å²) in [5.41, 5.74) is 2.04. The third-order valence-electron chi connectivity index (χ3n) is 7.78. The number of sulfonamides is 1. The molecule has 2 heterocycles. The summed E-state index contributed by atoms with van der Waals surface area (Å²) >= 11 is 1.13. The molecule has 0 saturated heterocycles. The molecule has 0 aliphatic carbocycles. The fraction of sp³-hybridized carbons (Fsp3) is 0.324. The molecule has 9 nitrogen and oxygen atoms in total. The molecule has 0 radical (unpaired) electrons. The summed E-state index contributed by atoms with van der Waals surface area (Å²) in [7, 11) is -1.73. The number of benzene rings is 3. The number of carbonyl (C=O) groups is 1. The Balaban J connectivity index is 1.34. The number of para-hydroxylation sites is 1. The van der Waals surface area contributed by atoms with Crippen LogP contribution in [0.25, 0.3) is 0 Å². The number of rotatable bonds is 11. The maximum atomic E-state index is 13.5. The van der Waals surface area contributed by atoms with Gasteiger partial charge in [-0.1, -0.05) is 43.3 Å². The van der Waals surface area contributed by atoms with Crippen molar-refractivity contribution in [2.24, 2.45) is 5.92 Å². The smallest absolute Gasteiger partial charge is 0.271 e. The van der Waals surface area contributed by atoms with Crippen molar-refractivity contribution >= 4 is 33.0 Å². The number of amides is 1. The molecular formula is C34H39N3O6S2. The number of thiophene rings is 1. The van der Waals surface area contributed by atoms with Crippen LogP contribution in [0.1, 0.15) is 25.0 Å². The van der Waals surface area contributed by atoms with Gasteiger partial charge in [-0.15, -0.1) is 11.3 Å². The average molecular weight is 650 g/mol. The van der Waals surface area contributed by atoms with Gasteiger partial charge in [0.2, 0.25) is 5.91 Å². The van der Waals surface area contributed by atoms with Crippen LogP contribution < -0.4 is 14.2 Å². The first kappa shape index (κ1) is 32.5. The largest absolute Gasteiger partial charge is 0.488 e. The van der Waals surface area contributed by atoms with Crippen molar-refractivity contribution in [3.8, 4) is 17.2 Å². The second-order valence-corrected chi connectivity index (χ2v) is 14.4. The third kappa shape index (κ3) is 8.43. The first-order valence-electron chi connectivity index (χ1n) is 14.9. The maximum Gasteiger partial charge on any atom is 0.271 e. The Kier molecular flexibility index (Phi) is 10.4. The van der Waals surface area contributed by atoms with E-state index in [9.17, 15) is 18.3 Å². The molecule has 238 valence electrons. The molecule has 0 unspecified atom stereocenters. The minimum absolute atomic E-state index is 0.0148. The van der Waals surface area contributed by atoms with Gasteiger partial charge >= 0.3 is 0 Å². The Labute approximate surface area is 269 Å². The van der Waals surface area contributed by atoms with Crippen LogP contribution in [-0.4, -0.2) is 68.1 Å². The van der Waals surface area contributed by atoms with Gasteiger partial charge in [-0.2, -0.15) is 0 Å². The van der Waals surface area contributed by atoms with E-state index in [4.69, 9.17) is 9.47 Å². The first-order chi connectivity index (χ1) is 21.6. The third-order valence-corrected chi connectivity index (χ3v) is 10.6. The molecule has 1 aliphatic heterocycles. The molecule has 1 aliphatic rings. The van der Waals surface area contributed by atoms with Gasteiger partial charge in [0.25, 0.3) is 10.0 Å². The number of aliphatic hydroxyl groups is 1. The molecule has 4 aromatic rings. The van der Waals surface area contributed by atoms with Crippen molar-refractivity contribution in [2.45, 2.75) is 43.2 Å². The number of fused-ring (bicyclic) bond motifs is 1. The minimum atomic E-state index is -3.76. The van der Waals surface area contributed by atoms with Crippen molar-refractivity contribution in [3.05, 3.63) is 101 Å². The lowest BCUT2D eigenvalue weighted by Gasteiger charge is -2.34. The van der Waals surface area contributed by atoms with E-state index in [-0.39, 0.29) is 41.2 Å². The number of aliphatic hydroxyl groups excluding tert-OH is 1. The van der Waals surface area contributed by atoms with E-state index < -0.39 is 10.0 Å². The van der Waals surface area contributed by atoms with Crippen molar-refractivity contribution in [1.82, 2.24) is 9.80 Å². The highest BCUT2D eigenvalue weighted by Crippen LogP contribution is 2.31. The number of ether oxygens (including phenoxy) is 2. The highest BCUT2D eigenvalue weighted by Gasteiger charge is 2.31. The summed E-state index contributed by atoms with van der Waals surface area (Å²) in [6.45, 7) is 5.36. The van der Waals surface area contributed by atoms with Crippen molar-refractivity contribution in [1.29, 1.82) is 0 Å². The van der Waals surface area contributed by atoms with E-state index in [1.54, 1.807) is 40.6 Å². The fourth-order valence-corrected chi connectivity index (χ4v) is 7.35. The second kappa shape index (κ2) is 14.5. The Morgan fingerprint density at radius 1 is 1.07 bits per heavy atom. The van der Waals surface area contributed by atoms with Crippen LogP contribution in [0.3, 0.4) is 0 Å². The molecule has 3 atom stereocenters. The zero-order chi connectivity index (χ0) is 32.0. The van der Waals surface area contributed by atoms with Crippen LogP contribution in [0.5, 0.6) is 17.2 Å². The SMILES string of the molecule is C[C@H](CO)N1C[C@H](C)[C@@H](CN(C)Cc2ccc(Oc3ccccc3)cc2)Oc2ccc(NS(=O)(=O)c3cccs3)cc2CC1=O. The number of carbonyl (C=O) groups excluding carboxylic acids is 1. The van der Waals surface area contributed by atoms with E-state index in [2.05, 4.69) is 9.62 Å². The number of likely N-dealkylation sites (N-methyl/N-ethyl adjacent to an activating group) is 1. The summed E-state index contributed by atoms with van der Waals surface area (Å²) in [5.74, 6) is 1.86. The summed E-state index contributed by atoms with van der Waals surface area (Å²) in [4.78, 5) is 17.4. The van der Waals surface area contributed by atoms with E-state index >= 15 is 0 Å². The van der Waals surface area contributed by atoms with E-state index in [0.717, 1.165) is 28.4 Å². The highest BCUT2D eigenvalue weighted by atomic mass is 32.2. The van der Waals surface area contributed by atoms with Crippen LogP contribution in [0.2, 0.25) is 0 Å². The monoisotopic (exact) mass is 649 g/mol. The number of hydrogen-bond acceptors (Lipinski definition) is 8. The minimum Gasteiger partial charge on any atom is -0.488 e. The number of hydrogen-bond donors (Lipinski definition) is 2. The van der Waals surface area contributed by atoms with E-state index in [1.807, 2.05) is 75.5 Å². The number of nitrogens with zero attached hydrogens (tertiary/aromatic N) is 2. The zero-order valence-corrected chi connectivity index (χ0v) is 27.3. The highest BCUT2D eigenvalue weighted by molar-refractivity contribution is 7.94. The normalized spacial score (nSPS) is 17.9. The number of nitrogens with one attached hydrogen (secondary N) is 1. The standard InChI is InChI=1S/C34H39N3O6S2/c1-24-20-37(25(2)23-38)33(39)19-27-18-28(35-45(40,41)34-10-7-17-44-34)13-16-31(27)43-32(24)22-36(3)21-26-11-14-30(15-12-26)42-29-8-5-4-6-9-29/h4-18,24-25,32,35,38H,19-23H2,1-3H3/t24-,25+,32+/m0/s1. The summed E-state index contributed by atoms with van der Waals surface area (Å²) < 4.78 is 41.1. The molecule has 1 aromatic heterocycles. The Morgan fingerprint density at radius 2 is 1.80 bits per heavy atom.